The Morgan fingerprint density at radius 2 is 2.24 bits per heavy atom. The van der Waals surface area contributed by atoms with Crippen LogP contribution in [0.4, 0.5) is 15.2 Å². The summed E-state index contributed by atoms with van der Waals surface area (Å²) < 4.78 is 13.1. The van der Waals surface area contributed by atoms with Gasteiger partial charge in [-0.15, -0.1) is 0 Å². The van der Waals surface area contributed by atoms with Crippen LogP contribution in [0.25, 0.3) is 0 Å². The van der Waals surface area contributed by atoms with Gasteiger partial charge in [0.05, 0.1) is 6.20 Å². The van der Waals surface area contributed by atoms with Crippen LogP contribution >= 0.6 is 11.3 Å². The van der Waals surface area contributed by atoms with Gasteiger partial charge >= 0.3 is 5.97 Å². The maximum atomic E-state index is 13.1. The monoisotopic (exact) mass is 252 g/mol. The fourth-order valence-electron chi connectivity index (χ4n) is 1.36. The summed E-state index contributed by atoms with van der Waals surface area (Å²) in [5.41, 5.74) is 1.33. The zero-order valence-electron chi connectivity index (χ0n) is 8.90. The normalized spacial score (nSPS) is 10.2. The molecular weight excluding hydrogens is 243 g/mol. The van der Waals surface area contributed by atoms with E-state index in [0.717, 1.165) is 16.9 Å². The van der Waals surface area contributed by atoms with Crippen molar-refractivity contribution >= 4 is 28.1 Å². The number of nitrogens with zero attached hydrogens (tertiary/aromatic N) is 1. The molecule has 0 radical (unpaired) electrons. The van der Waals surface area contributed by atoms with E-state index in [4.69, 9.17) is 5.11 Å². The number of anilines is 2. The molecule has 0 unspecified atom stereocenters. The molecule has 1 heterocycles. The summed E-state index contributed by atoms with van der Waals surface area (Å²) in [6, 6.07) is 4.50. The summed E-state index contributed by atoms with van der Waals surface area (Å²) in [4.78, 5) is 14.7. The molecule has 17 heavy (non-hydrogen) atoms. The Bertz CT molecular complexity index is 548. The zero-order valence-corrected chi connectivity index (χ0v) is 9.71. The molecule has 0 saturated carbocycles. The molecular formula is C11H9FN2O2S. The van der Waals surface area contributed by atoms with E-state index in [1.807, 2.05) is 0 Å². The Hall–Kier alpha value is -1.95. The average Bonchev–Trinajstić information content (AvgIpc) is 2.64. The second-order valence-corrected chi connectivity index (χ2v) is 4.51. The average molecular weight is 252 g/mol. The van der Waals surface area contributed by atoms with Gasteiger partial charge in [0.1, 0.15) is 10.7 Å². The highest BCUT2D eigenvalue weighted by Crippen LogP contribution is 2.23. The molecule has 0 bridgehead atoms. The topological polar surface area (TPSA) is 62.2 Å². The highest BCUT2D eigenvalue weighted by Gasteiger charge is 2.08. The number of carbonyl (C=O) groups is 1. The highest BCUT2D eigenvalue weighted by molar-refractivity contribution is 7.17. The number of aryl methyl sites for hydroxylation is 1. The van der Waals surface area contributed by atoms with Crippen molar-refractivity contribution in [2.24, 2.45) is 0 Å². The van der Waals surface area contributed by atoms with Crippen LogP contribution in [0.15, 0.2) is 24.4 Å². The minimum Gasteiger partial charge on any atom is -0.477 e. The van der Waals surface area contributed by atoms with E-state index in [1.165, 1.54) is 18.3 Å². The molecule has 2 N–H and O–H groups in total. The number of halogens is 1. The van der Waals surface area contributed by atoms with Crippen molar-refractivity contribution in [3.63, 3.8) is 0 Å². The largest absolute Gasteiger partial charge is 0.477 e. The first-order valence-electron chi connectivity index (χ1n) is 4.78. The van der Waals surface area contributed by atoms with Crippen LogP contribution < -0.4 is 5.32 Å². The maximum absolute atomic E-state index is 13.1. The summed E-state index contributed by atoms with van der Waals surface area (Å²) in [5.74, 6) is -1.37. The molecule has 0 saturated heterocycles. The van der Waals surface area contributed by atoms with E-state index in [0.29, 0.717) is 10.8 Å². The molecule has 2 aromatic rings. The van der Waals surface area contributed by atoms with Crippen molar-refractivity contribution in [3.8, 4) is 0 Å². The first kappa shape index (κ1) is 11.5. The van der Waals surface area contributed by atoms with Gasteiger partial charge in [-0.2, -0.15) is 0 Å². The van der Waals surface area contributed by atoms with Gasteiger partial charge in [-0.25, -0.2) is 14.2 Å². The lowest BCUT2D eigenvalue weighted by Gasteiger charge is -2.03. The third-order valence-electron chi connectivity index (χ3n) is 2.01. The number of thiazole rings is 1. The second kappa shape index (κ2) is 4.50. The standard InChI is InChI=1S/C11H9FN2O2S/c1-6-2-7(12)4-8(3-6)14-11-13-5-9(17-11)10(15)16/h2-5H,1H3,(H,13,14)(H,15,16). The van der Waals surface area contributed by atoms with Gasteiger partial charge in [0, 0.05) is 5.69 Å². The molecule has 88 valence electrons. The first-order valence-corrected chi connectivity index (χ1v) is 5.59. The van der Waals surface area contributed by atoms with Crippen LogP contribution in [0.3, 0.4) is 0 Å². The lowest BCUT2D eigenvalue weighted by Crippen LogP contribution is -1.91. The molecule has 4 nitrogen and oxygen atoms in total. The van der Waals surface area contributed by atoms with Crippen molar-refractivity contribution in [3.05, 3.63) is 40.7 Å². The van der Waals surface area contributed by atoms with Crippen molar-refractivity contribution in [1.82, 2.24) is 4.98 Å². The predicted octanol–water partition coefficient (Wildman–Crippen LogP) is 3.03. The van der Waals surface area contributed by atoms with Gasteiger partial charge in [-0.3, -0.25) is 0 Å². The number of nitrogens with one attached hydrogen (secondary N) is 1. The van der Waals surface area contributed by atoms with Gasteiger partial charge < -0.3 is 10.4 Å². The number of aromatic carboxylic acids is 1. The van der Waals surface area contributed by atoms with E-state index < -0.39 is 5.97 Å². The predicted molar refractivity (Wildman–Crippen MR) is 63.5 cm³/mol. The van der Waals surface area contributed by atoms with Crippen LogP contribution in [0.1, 0.15) is 15.2 Å². The number of carboxylic acids is 1. The van der Waals surface area contributed by atoms with Gasteiger partial charge in [0.15, 0.2) is 5.13 Å². The number of hydrogen-bond donors (Lipinski definition) is 2. The number of hydrogen-bond acceptors (Lipinski definition) is 4. The number of benzene rings is 1. The van der Waals surface area contributed by atoms with E-state index in [-0.39, 0.29) is 10.7 Å². The molecule has 0 amide bonds. The third kappa shape index (κ3) is 2.79. The Morgan fingerprint density at radius 3 is 2.82 bits per heavy atom. The number of rotatable bonds is 3. The molecule has 0 fully saturated rings. The lowest BCUT2D eigenvalue weighted by molar-refractivity contribution is 0.0702. The molecule has 0 aliphatic heterocycles. The van der Waals surface area contributed by atoms with Crippen LogP contribution in [0.2, 0.25) is 0 Å². The van der Waals surface area contributed by atoms with Crippen molar-refractivity contribution in [1.29, 1.82) is 0 Å². The summed E-state index contributed by atoms with van der Waals surface area (Å²) in [6.07, 6.45) is 1.27. The molecule has 0 aliphatic rings. The minimum atomic E-state index is -1.02. The fourth-order valence-corrected chi connectivity index (χ4v) is 2.04. The third-order valence-corrected chi connectivity index (χ3v) is 2.91. The fraction of sp³-hybridized carbons (Fsp3) is 0.0909. The maximum Gasteiger partial charge on any atom is 0.347 e. The molecule has 0 atom stereocenters. The van der Waals surface area contributed by atoms with E-state index in [2.05, 4.69) is 10.3 Å². The molecule has 2 rings (SSSR count). The summed E-state index contributed by atoms with van der Waals surface area (Å²) in [7, 11) is 0. The molecule has 0 aliphatic carbocycles. The van der Waals surface area contributed by atoms with Crippen molar-refractivity contribution in [2.45, 2.75) is 6.92 Å². The van der Waals surface area contributed by atoms with Crippen LogP contribution in [0.5, 0.6) is 0 Å². The minimum absolute atomic E-state index is 0.139. The molecule has 1 aromatic carbocycles. The van der Waals surface area contributed by atoms with Crippen LogP contribution in [0, 0.1) is 12.7 Å². The van der Waals surface area contributed by atoms with Gasteiger partial charge in [-0.05, 0) is 30.7 Å². The SMILES string of the molecule is Cc1cc(F)cc(Nc2ncc(C(=O)O)s2)c1. The van der Waals surface area contributed by atoms with E-state index in [9.17, 15) is 9.18 Å². The number of carboxylic acid groups (broad SMARTS) is 1. The smallest absolute Gasteiger partial charge is 0.347 e. The van der Waals surface area contributed by atoms with Gasteiger partial charge in [0.25, 0.3) is 0 Å². The molecule has 0 spiro atoms. The Balaban J connectivity index is 2.22. The molecule has 6 heteroatoms. The van der Waals surface area contributed by atoms with Gasteiger partial charge in [0.2, 0.25) is 0 Å². The lowest BCUT2D eigenvalue weighted by atomic mass is 10.2. The van der Waals surface area contributed by atoms with Crippen molar-refractivity contribution in [2.75, 3.05) is 5.32 Å². The Morgan fingerprint density at radius 1 is 1.47 bits per heavy atom. The molecule has 1 aromatic heterocycles. The van der Waals surface area contributed by atoms with Gasteiger partial charge in [-0.1, -0.05) is 11.3 Å². The summed E-state index contributed by atoms with van der Waals surface area (Å²) in [5, 5.41) is 12.0. The zero-order chi connectivity index (χ0) is 12.4. The highest BCUT2D eigenvalue weighted by atomic mass is 32.1. The quantitative estimate of drug-likeness (QED) is 0.881. The first-order chi connectivity index (χ1) is 8.04. The number of aromatic nitrogens is 1. The Kier molecular flexibility index (Phi) is 3.06. The Labute approximate surface area is 101 Å². The van der Waals surface area contributed by atoms with E-state index >= 15 is 0 Å². The summed E-state index contributed by atoms with van der Waals surface area (Å²) in [6.45, 7) is 1.78. The second-order valence-electron chi connectivity index (χ2n) is 3.48. The van der Waals surface area contributed by atoms with Crippen molar-refractivity contribution < 1.29 is 14.3 Å². The van der Waals surface area contributed by atoms with Crippen LogP contribution in [-0.4, -0.2) is 16.1 Å². The van der Waals surface area contributed by atoms with Crippen LogP contribution in [-0.2, 0) is 0 Å². The summed E-state index contributed by atoms with van der Waals surface area (Å²) >= 11 is 1.00. The van der Waals surface area contributed by atoms with E-state index in [1.54, 1.807) is 13.0 Å².